The third-order valence-corrected chi connectivity index (χ3v) is 1.55. The molecule has 0 atom stereocenters. The summed E-state index contributed by atoms with van der Waals surface area (Å²) in [5.41, 5.74) is -1.40. The van der Waals surface area contributed by atoms with Gasteiger partial charge in [0.25, 0.3) is 5.82 Å². The van der Waals surface area contributed by atoms with Crippen molar-refractivity contribution in [2.75, 3.05) is 0 Å². The van der Waals surface area contributed by atoms with Crippen LogP contribution >= 0.6 is 0 Å². The third-order valence-electron chi connectivity index (χ3n) is 1.55. The van der Waals surface area contributed by atoms with Gasteiger partial charge in [-0.1, -0.05) is 0 Å². The molecule has 1 rings (SSSR count). The lowest BCUT2D eigenvalue weighted by molar-refractivity contribution is -0.392. The van der Waals surface area contributed by atoms with Gasteiger partial charge in [-0.05, 0) is 9.91 Å². The molecule has 0 aliphatic rings. The molecule has 1 aromatic heterocycles. The van der Waals surface area contributed by atoms with Gasteiger partial charge in [-0.3, -0.25) is 0 Å². The van der Waals surface area contributed by atoms with Crippen LogP contribution < -0.4 is 4.74 Å². The Labute approximate surface area is 94.1 Å². The Morgan fingerprint density at radius 2 is 1.94 bits per heavy atom. The average molecular weight is 276 g/mol. The fourth-order valence-electron chi connectivity index (χ4n) is 0.943. The summed E-state index contributed by atoms with van der Waals surface area (Å²) in [5.74, 6) is -5.59. The van der Waals surface area contributed by atoms with Crippen LogP contribution in [0.2, 0.25) is 0 Å². The summed E-state index contributed by atoms with van der Waals surface area (Å²) in [6.07, 6.45) is -8.80. The van der Waals surface area contributed by atoms with Crippen LogP contribution in [-0.2, 0) is 0 Å². The molecular weight excluding hydrogens is 274 g/mol. The summed E-state index contributed by atoms with van der Waals surface area (Å²) in [4.78, 5) is 11.3. The standard InChI is InChI=1S/C7H2F6N2O3/c8-4-3(18-7(11,12)13)1-2(5(9)10)14-6(4)15(16)17/h1,5H. The molecule has 0 saturated carbocycles. The number of halogens is 6. The molecule has 1 heterocycles. The molecule has 0 aliphatic heterocycles. The van der Waals surface area contributed by atoms with E-state index in [1.54, 1.807) is 0 Å². The molecule has 0 amide bonds. The number of ether oxygens (including phenoxy) is 1. The van der Waals surface area contributed by atoms with Crippen molar-refractivity contribution >= 4 is 5.82 Å². The topological polar surface area (TPSA) is 65.3 Å². The lowest BCUT2D eigenvalue weighted by Gasteiger charge is -2.09. The van der Waals surface area contributed by atoms with Gasteiger partial charge in [0.2, 0.25) is 5.69 Å². The maximum atomic E-state index is 13.1. The van der Waals surface area contributed by atoms with E-state index in [1.165, 1.54) is 0 Å². The first kappa shape index (κ1) is 14.0. The van der Waals surface area contributed by atoms with Crippen molar-refractivity contribution < 1.29 is 36.0 Å². The molecule has 0 bridgehead atoms. The number of hydrogen-bond acceptors (Lipinski definition) is 4. The normalized spacial score (nSPS) is 11.7. The molecule has 0 spiro atoms. The summed E-state index contributed by atoms with van der Waals surface area (Å²) >= 11 is 0. The number of rotatable bonds is 3. The predicted octanol–water partition coefficient (Wildman–Crippen LogP) is 2.97. The quantitative estimate of drug-likeness (QED) is 0.483. The van der Waals surface area contributed by atoms with E-state index in [-0.39, 0.29) is 6.07 Å². The first-order valence-corrected chi connectivity index (χ1v) is 4.00. The number of aromatic nitrogens is 1. The largest absolute Gasteiger partial charge is 0.573 e. The third kappa shape index (κ3) is 3.21. The van der Waals surface area contributed by atoms with Gasteiger partial charge in [0, 0.05) is 6.07 Å². The van der Waals surface area contributed by atoms with Crippen LogP contribution in [0.3, 0.4) is 0 Å². The van der Waals surface area contributed by atoms with E-state index in [4.69, 9.17) is 0 Å². The second kappa shape index (κ2) is 4.66. The number of alkyl halides is 5. The van der Waals surface area contributed by atoms with Gasteiger partial charge in [0.05, 0.1) is 0 Å². The molecule has 1 aromatic rings. The van der Waals surface area contributed by atoms with Gasteiger partial charge in [0.15, 0.2) is 5.75 Å². The van der Waals surface area contributed by atoms with Crippen LogP contribution in [0.25, 0.3) is 0 Å². The molecular formula is C7H2F6N2O3. The molecule has 0 saturated heterocycles. The summed E-state index contributed by atoms with van der Waals surface area (Å²) in [6.45, 7) is 0. The minimum absolute atomic E-state index is 0.0551. The van der Waals surface area contributed by atoms with E-state index in [0.717, 1.165) is 0 Å². The van der Waals surface area contributed by atoms with Gasteiger partial charge < -0.3 is 14.9 Å². The Morgan fingerprint density at radius 3 is 2.33 bits per heavy atom. The molecule has 11 heteroatoms. The number of nitrogens with zero attached hydrogens (tertiary/aromatic N) is 2. The van der Waals surface area contributed by atoms with Crippen molar-refractivity contribution in [1.29, 1.82) is 0 Å². The molecule has 0 unspecified atom stereocenters. The van der Waals surface area contributed by atoms with Gasteiger partial charge in [0.1, 0.15) is 0 Å². The highest BCUT2D eigenvalue weighted by Crippen LogP contribution is 2.33. The van der Waals surface area contributed by atoms with E-state index in [1.807, 2.05) is 0 Å². The van der Waals surface area contributed by atoms with Gasteiger partial charge in [-0.2, -0.15) is 4.39 Å². The summed E-state index contributed by atoms with van der Waals surface area (Å²) in [7, 11) is 0. The molecule has 5 nitrogen and oxygen atoms in total. The van der Waals surface area contributed by atoms with Crippen molar-refractivity contribution in [3.05, 3.63) is 27.7 Å². The Balaban J connectivity index is 3.36. The van der Waals surface area contributed by atoms with Crippen LogP contribution in [-0.4, -0.2) is 16.3 Å². The van der Waals surface area contributed by atoms with Crippen LogP contribution in [0.4, 0.5) is 32.2 Å². The average Bonchev–Trinajstić information content (AvgIpc) is 2.18. The minimum atomic E-state index is -5.38. The first-order valence-electron chi connectivity index (χ1n) is 4.00. The minimum Gasteiger partial charge on any atom is -0.402 e. The van der Waals surface area contributed by atoms with E-state index in [2.05, 4.69) is 9.72 Å². The molecule has 0 aliphatic carbocycles. The lowest BCUT2D eigenvalue weighted by Crippen LogP contribution is -2.19. The van der Waals surface area contributed by atoms with Crippen LogP contribution in [0.15, 0.2) is 6.07 Å². The Kier molecular flexibility index (Phi) is 3.62. The van der Waals surface area contributed by atoms with Crippen molar-refractivity contribution in [2.24, 2.45) is 0 Å². The molecule has 100 valence electrons. The van der Waals surface area contributed by atoms with Crippen molar-refractivity contribution in [3.8, 4) is 5.75 Å². The van der Waals surface area contributed by atoms with E-state index in [0.29, 0.717) is 0 Å². The maximum absolute atomic E-state index is 13.1. The smallest absolute Gasteiger partial charge is 0.402 e. The lowest BCUT2D eigenvalue weighted by atomic mass is 10.3. The maximum Gasteiger partial charge on any atom is 0.573 e. The fraction of sp³-hybridized carbons (Fsp3) is 0.286. The number of pyridine rings is 1. The zero-order valence-electron chi connectivity index (χ0n) is 8.04. The highest BCUT2D eigenvalue weighted by molar-refractivity contribution is 5.37. The summed E-state index contributed by atoms with van der Waals surface area (Å²) in [5, 5.41) is 10.2. The zero-order valence-corrected chi connectivity index (χ0v) is 8.04. The molecule has 0 aromatic carbocycles. The summed E-state index contributed by atoms with van der Waals surface area (Å²) < 4.78 is 76.1. The van der Waals surface area contributed by atoms with Crippen molar-refractivity contribution in [2.45, 2.75) is 12.8 Å². The van der Waals surface area contributed by atoms with Crippen molar-refractivity contribution in [3.63, 3.8) is 0 Å². The predicted molar refractivity (Wildman–Crippen MR) is 42.5 cm³/mol. The first-order chi connectivity index (χ1) is 8.11. The highest BCUT2D eigenvalue weighted by Gasteiger charge is 2.36. The SMILES string of the molecule is O=[N+]([O-])c1nc(C(F)F)cc(OC(F)(F)F)c1F. The Morgan fingerprint density at radius 1 is 1.39 bits per heavy atom. The second-order valence-corrected chi connectivity index (χ2v) is 2.79. The number of hydrogen-bond donors (Lipinski definition) is 0. The van der Waals surface area contributed by atoms with Crippen LogP contribution in [0, 0.1) is 15.9 Å². The zero-order chi connectivity index (χ0) is 14.1. The highest BCUT2D eigenvalue weighted by atomic mass is 19.4. The monoisotopic (exact) mass is 276 g/mol. The molecule has 0 fully saturated rings. The molecule has 0 N–H and O–H groups in total. The van der Waals surface area contributed by atoms with E-state index < -0.39 is 40.8 Å². The van der Waals surface area contributed by atoms with E-state index in [9.17, 15) is 36.5 Å². The fourth-order valence-corrected chi connectivity index (χ4v) is 0.943. The summed E-state index contributed by atoms with van der Waals surface area (Å²) in [6, 6.07) is -0.0551. The van der Waals surface area contributed by atoms with E-state index >= 15 is 0 Å². The molecule has 0 radical (unpaired) electrons. The van der Waals surface area contributed by atoms with Gasteiger partial charge >= 0.3 is 18.6 Å². The van der Waals surface area contributed by atoms with Gasteiger partial charge in [-0.25, -0.2) is 8.78 Å². The number of nitro groups is 1. The Hall–Kier alpha value is -2.07. The van der Waals surface area contributed by atoms with Crippen LogP contribution in [0.1, 0.15) is 12.1 Å². The second-order valence-electron chi connectivity index (χ2n) is 2.79. The molecule has 18 heavy (non-hydrogen) atoms. The Bertz CT molecular complexity index is 475. The van der Waals surface area contributed by atoms with Crippen molar-refractivity contribution in [1.82, 2.24) is 4.98 Å². The van der Waals surface area contributed by atoms with Gasteiger partial charge in [-0.15, -0.1) is 13.2 Å². The van der Waals surface area contributed by atoms with Crippen LogP contribution in [0.5, 0.6) is 5.75 Å².